The standard InChI is InChI=1S/C31H28ClFN4O4S/c32-24-7-11-26(12-8-24)42(40,41)35-27-15-22(31(39)34-16-20-4-9-25(33)10-5-20)6-13-29(27)36-17-21-14-23(19-36)28-2-1-3-30(38)37(28)18-21/h1-13,15,21,23,35H,14,16-19H2,(H,34,39). The third-order valence-electron chi connectivity index (χ3n) is 7.81. The van der Waals surface area contributed by atoms with Gasteiger partial charge in [-0.2, -0.15) is 0 Å². The zero-order chi connectivity index (χ0) is 29.4. The van der Waals surface area contributed by atoms with Gasteiger partial charge in [-0.1, -0.05) is 29.8 Å². The van der Waals surface area contributed by atoms with E-state index in [0.717, 1.165) is 17.7 Å². The molecule has 1 fully saturated rings. The van der Waals surface area contributed by atoms with Crippen molar-refractivity contribution in [1.29, 1.82) is 0 Å². The van der Waals surface area contributed by atoms with Crippen molar-refractivity contribution in [2.75, 3.05) is 22.7 Å². The highest BCUT2D eigenvalue weighted by Crippen LogP contribution is 2.39. The third kappa shape index (κ3) is 5.77. The largest absolute Gasteiger partial charge is 0.369 e. The molecule has 1 aromatic heterocycles. The predicted octanol–water partition coefficient (Wildman–Crippen LogP) is 5.00. The normalized spacial score (nSPS) is 17.8. The molecule has 6 rings (SSSR count). The first kappa shape index (κ1) is 28.0. The van der Waals surface area contributed by atoms with Crippen LogP contribution < -0.4 is 20.5 Å². The van der Waals surface area contributed by atoms with Gasteiger partial charge in [0, 0.05) is 54.4 Å². The molecule has 0 spiro atoms. The van der Waals surface area contributed by atoms with E-state index < -0.39 is 15.9 Å². The van der Waals surface area contributed by atoms with Gasteiger partial charge in [0.15, 0.2) is 0 Å². The highest BCUT2D eigenvalue weighted by Gasteiger charge is 2.35. The van der Waals surface area contributed by atoms with Crippen LogP contribution >= 0.6 is 11.6 Å². The van der Waals surface area contributed by atoms with Crippen LogP contribution in [0.15, 0.2) is 94.6 Å². The summed E-state index contributed by atoms with van der Waals surface area (Å²) in [4.78, 5) is 27.7. The fourth-order valence-corrected chi connectivity index (χ4v) is 7.02. The van der Waals surface area contributed by atoms with Crippen molar-refractivity contribution < 1.29 is 17.6 Å². The number of fused-ring (bicyclic) bond motifs is 4. The van der Waals surface area contributed by atoms with Crippen molar-refractivity contribution >= 4 is 38.9 Å². The summed E-state index contributed by atoms with van der Waals surface area (Å²) >= 11 is 5.97. The quantitative estimate of drug-likeness (QED) is 0.309. The molecular formula is C31H28ClFN4O4S. The molecule has 0 radical (unpaired) electrons. The van der Waals surface area contributed by atoms with Gasteiger partial charge in [-0.05, 0) is 78.6 Å². The second kappa shape index (κ2) is 11.3. The lowest BCUT2D eigenvalue weighted by atomic mass is 9.83. The molecule has 2 bridgehead atoms. The molecule has 2 aliphatic rings. The Balaban J connectivity index is 1.32. The van der Waals surface area contributed by atoms with Crippen molar-refractivity contribution in [2.45, 2.75) is 30.3 Å². The van der Waals surface area contributed by atoms with Crippen molar-refractivity contribution in [2.24, 2.45) is 5.92 Å². The Morgan fingerprint density at radius 1 is 0.952 bits per heavy atom. The first-order valence-corrected chi connectivity index (χ1v) is 15.4. The Labute approximate surface area is 247 Å². The number of anilines is 2. The zero-order valence-electron chi connectivity index (χ0n) is 22.5. The average molecular weight is 607 g/mol. The summed E-state index contributed by atoms with van der Waals surface area (Å²) < 4.78 is 44.6. The zero-order valence-corrected chi connectivity index (χ0v) is 24.0. The Kier molecular flexibility index (Phi) is 7.51. The van der Waals surface area contributed by atoms with E-state index in [-0.39, 0.29) is 45.9 Å². The molecule has 1 amide bonds. The average Bonchev–Trinajstić information content (AvgIpc) is 2.97. The van der Waals surface area contributed by atoms with E-state index in [2.05, 4.69) is 14.9 Å². The fraction of sp³-hybridized carbons (Fsp3) is 0.226. The van der Waals surface area contributed by atoms with Crippen LogP contribution in [0.1, 0.15) is 34.0 Å². The molecule has 1 saturated heterocycles. The molecule has 216 valence electrons. The highest BCUT2D eigenvalue weighted by atomic mass is 35.5. The number of piperidine rings is 1. The van der Waals surface area contributed by atoms with Gasteiger partial charge in [0.05, 0.1) is 16.3 Å². The van der Waals surface area contributed by atoms with Crippen LogP contribution in [0.25, 0.3) is 0 Å². The van der Waals surface area contributed by atoms with E-state index in [1.807, 2.05) is 10.6 Å². The van der Waals surface area contributed by atoms with Crippen molar-refractivity contribution in [1.82, 2.24) is 9.88 Å². The second-order valence-corrected chi connectivity index (χ2v) is 12.8. The number of carbonyl (C=O) groups excluding carboxylic acids is 1. The Bertz CT molecular complexity index is 1810. The van der Waals surface area contributed by atoms with Crippen LogP contribution in [0.3, 0.4) is 0 Å². The molecular weight excluding hydrogens is 579 g/mol. The van der Waals surface area contributed by atoms with E-state index in [9.17, 15) is 22.4 Å². The summed E-state index contributed by atoms with van der Waals surface area (Å²) in [5.41, 5.74) is 2.87. The van der Waals surface area contributed by atoms with Crippen molar-refractivity contribution in [3.05, 3.63) is 123 Å². The lowest BCUT2D eigenvalue weighted by Gasteiger charge is -2.44. The molecule has 4 aromatic rings. The number of hydrogen-bond donors (Lipinski definition) is 2. The van der Waals surface area contributed by atoms with Crippen LogP contribution in [0.5, 0.6) is 0 Å². The van der Waals surface area contributed by atoms with Crippen LogP contribution in [-0.2, 0) is 23.1 Å². The summed E-state index contributed by atoms with van der Waals surface area (Å²) in [5, 5.41) is 3.22. The van der Waals surface area contributed by atoms with E-state index in [4.69, 9.17) is 11.6 Å². The molecule has 2 aliphatic heterocycles. The fourth-order valence-electron chi connectivity index (χ4n) is 5.83. The third-order valence-corrected chi connectivity index (χ3v) is 9.45. The molecule has 0 saturated carbocycles. The molecule has 2 N–H and O–H groups in total. The maximum Gasteiger partial charge on any atom is 0.261 e. The number of benzene rings is 3. The SMILES string of the molecule is O=C(NCc1ccc(F)cc1)c1ccc(N2CC3CC(C2)c2cccc(=O)n2C3)c(NS(=O)(=O)c2ccc(Cl)cc2)c1. The van der Waals surface area contributed by atoms with E-state index in [0.29, 0.717) is 30.3 Å². The summed E-state index contributed by atoms with van der Waals surface area (Å²) in [5.74, 6) is -0.459. The van der Waals surface area contributed by atoms with Crippen LogP contribution in [0, 0.1) is 11.7 Å². The monoisotopic (exact) mass is 606 g/mol. The Morgan fingerprint density at radius 2 is 1.71 bits per heavy atom. The smallest absolute Gasteiger partial charge is 0.261 e. The molecule has 2 atom stereocenters. The first-order valence-electron chi connectivity index (χ1n) is 13.6. The number of rotatable bonds is 7. The summed E-state index contributed by atoms with van der Waals surface area (Å²) in [6, 6.07) is 21.9. The molecule has 3 heterocycles. The molecule has 42 heavy (non-hydrogen) atoms. The number of carbonyl (C=O) groups is 1. The van der Waals surface area contributed by atoms with E-state index in [1.165, 1.54) is 42.5 Å². The van der Waals surface area contributed by atoms with Gasteiger partial charge >= 0.3 is 0 Å². The van der Waals surface area contributed by atoms with Crippen LogP contribution in [0.4, 0.5) is 15.8 Å². The number of nitrogens with one attached hydrogen (secondary N) is 2. The molecule has 3 aromatic carbocycles. The topological polar surface area (TPSA) is 101 Å². The Hall–Kier alpha value is -4.15. The van der Waals surface area contributed by atoms with Gasteiger partial charge in [0.25, 0.3) is 21.5 Å². The molecule has 0 aliphatic carbocycles. The minimum atomic E-state index is -4.01. The number of aromatic nitrogens is 1. The molecule has 2 unspecified atom stereocenters. The molecule has 8 nitrogen and oxygen atoms in total. The van der Waals surface area contributed by atoms with Gasteiger partial charge in [-0.15, -0.1) is 0 Å². The van der Waals surface area contributed by atoms with E-state index >= 15 is 0 Å². The van der Waals surface area contributed by atoms with Gasteiger partial charge in [0.2, 0.25) is 0 Å². The van der Waals surface area contributed by atoms with Crippen LogP contribution in [0.2, 0.25) is 5.02 Å². The second-order valence-electron chi connectivity index (χ2n) is 10.7. The summed E-state index contributed by atoms with van der Waals surface area (Å²) in [6.07, 6.45) is 0.940. The first-order chi connectivity index (χ1) is 20.2. The summed E-state index contributed by atoms with van der Waals surface area (Å²) in [7, 11) is -4.01. The predicted molar refractivity (Wildman–Crippen MR) is 160 cm³/mol. The number of hydrogen-bond acceptors (Lipinski definition) is 5. The minimum absolute atomic E-state index is 0.0110. The number of halogens is 2. The maximum atomic E-state index is 13.4. The lowest BCUT2D eigenvalue weighted by molar-refractivity contribution is 0.0951. The van der Waals surface area contributed by atoms with Gasteiger partial charge in [0.1, 0.15) is 5.82 Å². The lowest BCUT2D eigenvalue weighted by Crippen LogP contribution is -2.47. The van der Waals surface area contributed by atoms with Gasteiger partial charge in [-0.3, -0.25) is 14.3 Å². The Morgan fingerprint density at radius 3 is 2.48 bits per heavy atom. The maximum absolute atomic E-state index is 13.4. The van der Waals surface area contributed by atoms with Gasteiger partial charge < -0.3 is 14.8 Å². The number of sulfonamides is 1. The van der Waals surface area contributed by atoms with E-state index in [1.54, 1.807) is 36.4 Å². The number of amides is 1. The number of nitrogens with zero attached hydrogens (tertiary/aromatic N) is 2. The molecule has 11 heteroatoms. The van der Waals surface area contributed by atoms with Crippen molar-refractivity contribution in [3.8, 4) is 0 Å². The summed E-state index contributed by atoms with van der Waals surface area (Å²) in [6.45, 7) is 1.99. The highest BCUT2D eigenvalue weighted by molar-refractivity contribution is 7.92. The number of pyridine rings is 1. The van der Waals surface area contributed by atoms with Crippen LogP contribution in [-0.4, -0.2) is 32.0 Å². The minimum Gasteiger partial charge on any atom is -0.369 e. The van der Waals surface area contributed by atoms with Crippen molar-refractivity contribution in [3.63, 3.8) is 0 Å². The van der Waals surface area contributed by atoms with Gasteiger partial charge in [-0.25, -0.2) is 12.8 Å².